The quantitative estimate of drug-likeness (QED) is 0.317. The predicted octanol–water partition coefficient (Wildman–Crippen LogP) is 7.30. The number of fused-ring (bicyclic) bond motifs is 7. The summed E-state index contributed by atoms with van der Waals surface area (Å²) >= 11 is 0. The fourth-order valence-corrected chi connectivity index (χ4v) is 12.2. The molecular weight excluding hydrogens is 460 g/mol. The van der Waals surface area contributed by atoms with Gasteiger partial charge in [0.25, 0.3) is 0 Å². The van der Waals surface area contributed by atoms with E-state index in [1.54, 1.807) is 0 Å². The Morgan fingerprint density at radius 1 is 0.946 bits per heavy atom. The number of allylic oxidation sites excluding steroid dienone is 1. The molecule has 0 radical (unpaired) electrons. The fourth-order valence-electron chi connectivity index (χ4n) is 12.2. The lowest BCUT2D eigenvalue weighted by Crippen LogP contribution is -2.74. The van der Waals surface area contributed by atoms with E-state index < -0.39 is 5.79 Å². The van der Waals surface area contributed by atoms with Crippen LogP contribution in [0.5, 0.6) is 0 Å². The molecule has 0 amide bonds. The summed E-state index contributed by atoms with van der Waals surface area (Å²) in [6, 6.07) is 0. The molecule has 2 aliphatic heterocycles. The number of carbonyl (C=O) groups excluding carboxylic acids is 1. The largest absolute Gasteiger partial charge is 0.465 e. The van der Waals surface area contributed by atoms with Crippen molar-refractivity contribution in [3.63, 3.8) is 0 Å². The van der Waals surface area contributed by atoms with Gasteiger partial charge in [0.15, 0.2) is 5.79 Å². The Labute approximate surface area is 225 Å². The number of esters is 1. The highest BCUT2D eigenvalue weighted by Crippen LogP contribution is 2.79. The third-order valence-corrected chi connectivity index (χ3v) is 14.4. The molecule has 5 saturated carbocycles. The van der Waals surface area contributed by atoms with E-state index in [4.69, 9.17) is 9.47 Å². The van der Waals surface area contributed by atoms with E-state index in [1.807, 2.05) is 0 Å². The standard InChI is InChI=1S/C33H52O4/c1-8-19-36-27(34)31-14-11-22(21(2)3)26(31)23-9-10-25-30(7,29(23,6)15-16-31)13-12-24-28(4,5)33(35)18-17-32(24,25)20-37-33/h22-26,35H,2,8-20H2,1,3-7H3/t22-,23+,24-,25-,26+,29+,30+,31-,32+,33+/m0/s1. The zero-order valence-electron chi connectivity index (χ0n) is 24.5. The van der Waals surface area contributed by atoms with E-state index in [1.165, 1.54) is 31.3 Å². The van der Waals surface area contributed by atoms with E-state index in [2.05, 4.69) is 48.1 Å². The van der Waals surface area contributed by atoms with Gasteiger partial charge in [0.2, 0.25) is 0 Å². The van der Waals surface area contributed by atoms with Crippen molar-refractivity contribution < 1.29 is 19.4 Å². The average molecular weight is 513 g/mol. The van der Waals surface area contributed by atoms with Crippen LogP contribution >= 0.6 is 0 Å². The summed E-state index contributed by atoms with van der Waals surface area (Å²) in [5.74, 6) is 1.59. The molecule has 0 unspecified atom stereocenters. The van der Waals surface area contributed by atoms with Crippen molar-refractivity contribution in [2.24, 2.45) is 56.7 Å². The van der Waals surface area contributed by atoms with Gasteiger partial charge in [0.1, 0.15) is 0 Å². The summed E-state index contributed by atoms with van der Waals surface area (Å²) in [6.45, 7) is 19.8. The zero-order chi connectivity index (χ0) is 26.6. The summed E-state index contributed by atoms with van der Waals surface area (Å²) in [7, 11) is 0. The van der Waals surface area contributed by atoms with Gasteiger partial charge < -0.3 is 14.6 Å². The van der Waals surface area contributed by atoms with Gasteiger partial charge in [-0.1, -0.05) is 46.8 Å². The van der Waals surface area contributed by atoms with Gasteiger partial charge in [-0.15, -0.1) is 0 Å². The van der Waals surface area contributed by atoms with Gasteiger partial charge in [0.05, 0.1) is 18.6 Å². The van der Waals surface area contributed by atoms with Crippen molar-refractivity contribution in [2.45, 2.75) is 118 Å². The molecule has 0 aromatic carbocycles. The highest BCUT2D eigenvalue weighted by molar-refractivity contribution is 5.78. The van der Waals surface area contributed by atoms with E-state index >= 15 is 0 Å². The van der Waals surface area contributed by atoms with E-state index in [-0.39, 0.29) is 33.0 Å². The predicted molar refractivity (Wildman–Crippen MR) is 145 cm³/mol. The zero-order valence-corrected chi connectivity index (χ0v) is 24.5. The van der Waals surface area contributed by atoms with Crippen LogP contribution in [0.4, 0.5) is 0 Å². The minimum absolute atomic E-state index is 0.0914. The second-order valence-corrected chi connectivity index (χ2v) is 15.5. The molecule has 7 fully saturated rings. The second kappa shape index (κ2) is 8.09. The summed E-state index contributed by atoms with van der Waals surface area (Å²) in [5, 5.41) is 11.4. The Morgan fingerprint density at radius 2 is 1.70 bits per heavy atom. The number of aliphatic hydroxyl groups is 1. The minimum atomic E-state index is -0.962. The van der Waals surface area contributed by atoms with Gasteiger partial charge in [-0.25, -0.2) is 0 Å². The molecule has 2 saturated heterocycles. The molecule has 208 valence electrons. The van der Waals surface area contributed by atoms with Crippen LogP contribution in [0.3, 0.4) is 0 Å². The van der Waals surface area contributed by atoms with E-state index in [0.717, 1.165) is 51.6 Å². The van der Waals surface area contributed by atoms with Crippen LogP contribution < -0.4 is 0 Å². The van der Waals surface area contributed by atoms with Crippen molar-refractivity contribution in [2.75, 3.05) is 13.2 Å². The highest BCUT2D eigenvalue weighted by atomic mass is 16.6. The SMILES string of the molecule is C=C(C)[C@@H]1CC[C@]2(C(=O)OCCC)CC[C@]3(C)[C@H](CC[C@@H]4[C@]56CC[C@@](O)(OC5)C(C)(C)[C@@H]6CC[C@]43C)[C@@H]12. The van der Waals surface area contributed by atoms with Gasteiger partial charge in [-0.3, -0.25) is 4.79 Å². The molecule has 10 atom stereocenters. The van der Waals surface area contributed by atoms with Crippen molar-refractivity contribution in [3.8, 4) is 0 Å². The lowest BCUT2D eigenvalue weighted by atomic mass is 9.31. The monoisotopic (exact) mass is 512 g/mol. The maximum absolute atomic E-state index is 13.8. The third kappa shape index (κ3) is 3.01. The molecular formula is C33H52O4. The Hall–Kier alpha value is -0.870. The van der Waals surface area contributed by atoms with Crippen LogP contribution in [0, 0.1) is 56.7 Å². The molecule has 4 heteroatoms. The van der Waals surface area contributed by atoms with Crippen LogP contribution in [0.15, 0.2) is 12.2 Å². The Balaban J connectivity index is 1.39. The van der Waals surface area contributed by atoms with Gasteiger partial charge in [-0.05, 0) is 112 Å². The number of ether oxygens (including phenoxy) is 2. The van der Waals surface area contributed by atoms with Crippen LogP contribution in [0.25, 0.3) is 0 Å². The smallest absolute Gasteiger partial charge is 0.312 e. The molecule has 7 rings (SSSR count). The Kier molecular flexibility index (Phi) is 5.76. The van der Waals surface area contributed by atoms with E-state index in [9.17, 15) is 9.90 Å². The van der Waals surface area contributed by atoms with Crippen LogP contribution in [-0.4, -0.2) is 30.1 Å². The minimum Gasteiger partial charge on any atom is -0.465 e. The summed E-state index contributed by atoms with van der Waals surface area (Å²) in [6.07, 6.45) is 11.8. The van der Waals surface area contributed by atoms with Crippen molar-refractivity contribution in [3.05, 3.63) is 12.2 Å². The normalized spacial score (nSPS) is 53.4. The molecule has 37 heavy (non-hydrogen) atoms. The highest BCUT2D eigenvalue weighted by Gasteiger charge is 2.76. The maximum Gasteiger partial charge on any atom is 0.312 e. The molecule has 7 aliphatic rings. The first-order valence-electron chi connectivity index (χ1n) is 15.5. The first-order chi connectivity index (χ1) is 17.3. The first-order valence-corrected chi connectivity index (χ1v) is 15.5. The van der Waals surface area contributed by atoms with Gasteiger partial charge in [0, 0.05) is 17.3 Å². The summed E-state index contributed by atoms with van der Waals surface area (Å²) in [5.41, 5.74) is 1.33. The molecule has 1 spiro atoms. The number of rotatable bonds is 4. The van der Waals surface area contributed by atoms with E-state index in [0.29, 0.717) is 36.2 Å². The molecule has 0 aromatic heterocycles. The topological polar surface area (TPSA) is 55.8 Å². The molecule has 2 bridgehead atoms. The number of hydrogen-bond acceptors (Lipinski definition) is 4. The third-order valence-electron chi connectivity index (χ3n) is 14.4. The van der Waals surface area contributed by atoms with Crippen LogP contribution in [0.1, 0.15) is 112 Å². The van der Waals surface area contributed by atoms with Gasteiger partial charge >= 0.3 is 5.97 Å². The first kappa shape index (κ1) is 26.4. The summed E-state index contributed by atoms with van der Waals surface area (Å²) in [4.78, 5) is 13.8. The second-order valence-electron chi connectivity index (χ2n) is 15.5. The number of hydrogen-bond donors (Lipinski definition) is 1. The molecule has 1 N–H and O–H groups in total. The lowest BCUT2D eigenvalue weighted by molar-refractivity contribution is -0.400. The lowest BCUT2D eigenvalue weighted by Gasteiger charge is -2.75. The number of carbonyl (C=O) groups is 1. The van der Waals surface area contributed by atoms with Crippen molar-refractivity contribution in [1.29, 1.82) is 0 Å². The average Bonchev–Trinajstić information content (AvgIpc) is 3.25. The maximum atomic E-state index is 13.8. The Bertz CT molecular complexity index is 975. The van der Waals surface area contributed by atoms with Crippen molar-refractivity contribution >= 4 is 5.97 Å². The fraction of sp³-hybridized carbons (Fsp3) is 0.909. The molecule has 5 aliphatic carbocycles. The van der Waals surface area contributed by atoms with Gasteiger partial charge in [-0.2, -0.15) is 0 Å². The van der Waals surface area contributed by atoms with Crippen molar-refractivity contribution in [1.82, 2.24) is 0 Å². The van der Waals surface area contributed by atoms with Crippen LogP contribution in [-0.2, 0) is 14.3 Å². The van der Waals surface area contributed by atoms with Crippen LogP contribution in [0.2, 0.25) is 0 Å². The molecule has 0 aromatic rings. The summed E-state index contributed by atoms with van der Waals surface area (Å²) < 4.78 is 12.3. The molecule has 4 nitrogen and oxygen atoms in total. The Morgan fingerprint density at radius 3 is 2.35 bits per heavy atom. The molecule has 2 heterocycles.